The molecule has 0 radical (unpaired) electrons. The summed E-state index contributed by atoms with van der Waals surface area (Å²) in [5, 5.41) is 0. The van der Waals surface area contributed by atoms with E-state index in [2.05, 4.69) is 23.5 Å². The number of anilines is 1. The standard InChI is InChI=1S/C14H15FN2.CH3Cl/c1-2-3-10-6-12(9-17-8-10)11-4-5-14(16)13(15)7-11;1-2/h4-9H,2-3,16H2,1H3;1H3. The van der Waals surface area contributed by atoms with Gasteiger partial charge in [0.15, 0.2) is 0 Å². The minimum atomic E-state index is -0.386. The second-order valence-corrected chi connectivity index (χ2v) is 4.07. The zero-order valence-electron chi connectivity index (χ0n) is 11.2. The molecule has 1 heterocycles. The van der Waals surface area contributed by atoms with Crippen molar-refractivity contribution in [1.82, 2.24) is 4.98 Å². The van der Waals surface area contributed by atoms with E-state index < -0.39 is 0 Å². The lowest BCUT2D eigenvalue weighted by Crippen LogP contribution is -1.92. The normalized spacial score (nSPS) is 9.68. The average molecular weight is 281 g/mol. The number of hydrogen-bond donors (Lipinski definition) is 1. The highest BCUT2D eigenvalue weighted by Crippen LogP contribution is 2.23. The molecule has 0 aliphatic rings. The molecule has 2 aromatic rings. The molecule has 19 heavy (non-hydrogen) atoms. The first-order valence-electron chi connectivity index (χ1n) is 6.08. The zero-order valence-corrected chi connectivity index (χ0v) is 11.9. The summed E-state index contributed by atoms with van der Waals surface area (Å²) >= 11 is 4.64. The van der Waals surface area contributed by atoms with Crippen molar-refractivity contribution in [2.45, 2.75) is 19.8 Å². The quantitative estimate of drug-likeness (QED) is 0.673. The van der Waals surface area contributed by atoms with E-state index in [1.165, 1.54) is 18.0 Å². The van der Waals surface area contributed by atoms with Gasteiger partial charge in [0.25, 0.3) is 0 Å². The molecular formula is C15H18ClFN2. The molecule has 0 amide bonds. The van der Waals surface area contributed by atoms with Gasteiger partial charge in [-0.25, -0.2) is 4.39 Å². The lowest BCUT2D eigenvalue weighted by molar-refractivity contribution is 0.633. The van der Waals surface area contributed by atoms with E-state index in [0.29, 0.717) is 0 Å². The first kappa shape index (κ1) is 15.4. The maximum atomic E-state index is 13.4. The number of benzene rings is 1. The number of aryl methyl sites for hydroxylation is 1. The van der Waals surface area contributed by atoms with E-state index in [1.807, 2.05) is 18.3 Å². The Hall–Kier alpha value is -1.61. The Labute approximate surface area is 118 Å². The fraction of sp³-hybridized carbons (Fsp3) is 0.267. The maximum absolute atomic E-state index is 13.4. The van der Waals surface area contributed by atoms with Crippen LogP contribution in [0.4, 0.5) is 10.1 Å². The van der Waals surface area contributed by atoms with Crippen LogP contribution in [0.5, 0.6) is 0 Å². The van der Waals surface area contributed by atoms with Gasteiger partial charge in [-0.15, -0.1) is 11.6 Å². The second kappa shape index (κ2) is 7.74. The Morgan fingerprint density at radius 3 is 2.53 bits per heavy atom. The van der Waals surface area contributed by atoms with E-state index in [1.54, 1.807) is 12.3 Å². The van der Waals surface area contributed by atoms with E-state index in [0.717, 1.165) is 24.0 Å². The maximum Gasteiger partial charge on any atom is 0.146 e. The largest absolute Gasteiger partial charge is 0.396 e. The third-order valence-corrected chi connectivity index (χ3v) is 2.67. The van der Waals surface area contributed by atoms with Crippen molar-refractivity contribution < 1.29 is 4.39 Å². The monoisotopic (exact) mass is 280 g/mol. The second-order valence-electron chi connectivity index (χ2n) is 4.07. The third kappa shape index (κ3) is 4.21. The smallest absolute Gasteiger partial charge is 0.146 e. The van der Waals surface area contributed by atoms with E-state index >= 15 is 0 Å². The summed E-state index contributed by atoms with van der Waals surface area (Å²) in [6.07, 6.45) is 7.12. The molecule has 0 aliphatic carbocycles. The number of halogens is 2. The van der Waals surface area contributed by atoms with Gasteiger partial charge in [-0.05, 0) is 35.7 Å². The summed E-state index contributed by atoms with van der Waals surface area (Å²) in [4.78, 5) is 4.18. The van der Waals surface area contributed by atoms with Gasteiger partial charge in [-0.2, -0.15) is 0 Å². The molecule has 0 aliphatic heterocycles. The predicted molar refractivity (Wildman–Crippen MR) is 79.8 cm³/mol. The van der Waals surface area contributed by atoms with Crippen molar-refractivity contribution >= 4 is 17.3 Å². The first-order chi connectivity index (χ1) is 9.20. The lowest BCUT2D eigenvalue weighted by atomic mass is 10.0. The molecule has 0 bridgehead atoms. The molecule has 0 atom stereocenters. The molecule has 0 saturated carbocycles. The first-order valence-corrected chi connectivity index (χ1v) is 6.83. The van der Waals surface area contributed by atoms with Gasteiger partial charge in [-0.3, -0.25) is 4.98 Å². The molecule has 102 valence electrons. The highest BCUT2D eigenvalue weighted by molar-refractivity contribution is 6.15. The highest BCUT2D eigenvalue weighted by Gasteiger charge is 2.03. The van der Waals surface area contributed by atoms with Gasteiger partial charge in [-0.1, -0.05) is 19.4 Å². The van der Waals surface area contributed by atoms with Crippen molar-refractivity contribution in [2.75, 3.05) is 12.1 Å². The van der Waals surface area contributed by atoms with Gasteiger partial charge < -0.3 is 5.73 Å². The molecule has 2 rings (SSSR count). The van der Waals surface area contributed by atoms with Crippen LogP contribution in [0.1, 0.15) is 18.9 Å². The van der Waals surface area contributed by atoms with E-state index in [4.69, 9.17) is 5.73 Å². The highest BCUT2D eigenvalue weighted by atomic mass is 35.5. The van der Waals surface area contributed by atoms with Crippen molar-refractivity contribution in [3.8, 4) is 11.1 Å². The predicted octanol–water partition coefficient (Wildman–Crippen LogP) is 4.28. The van der Waals surface area contributed by atoms with Crippen molar-refractivity contribution in [3.05, 3.63) is 48.0 Å². The molecule has 2 nitrogen and oxygen atoms in total. The number of nitrogen functional groups attached to an aromatic ring is 1. The summed E-state index contributed by atoms with van der Waals surface area (Å²) in [6.45, 7) is 2.12. The number of aromatic nitrogens is 1. The summed E-state index contributed by atoms with van der Waals surface area (Å²) in [7, 11) is 0. The molecule has 0 unspecified atom stereocenters. The minimum Gasteiger partial charge on any atom is -0.396 e. The number of nitrogens with two attached hydrogens (primary N) is 1. The molecular weight excluding hydrogens is 263 g/mol. The van der Waals surface area contributed by atoms with Crippen molar-refractivity contribution in [1.29, 1.82) is 0 Å². The van der Waals surface area contributed by atoms with Gasteiger partial charge in [0, 0.05) is 24.3 Å². The summed E-state index contributed by atoms with van der Waals surface area (Å²) < 4.78 is 13.4. The van der Waals surface area contributed by atoms with Crippen LogP contribution in [0.25, 0.3) is 11.1 Å². The molecule has 1 aromatic carbocycles. The number of nitrogens with zero attached hydrogens (tertiary/aromatic N) is 1. The summed E-state index contributed by atoms with van der Waals surface area (Å²) in [6, 6.07) is 6.88. The van der Waals surface area contributed by atoms with Gasteiger partial charge in [0.1, 0.15) is 5.82 Å². The van der Waals surface area contributed by atoms with Gasteiger partial charge in [0.2, 0.25) is 0 Å². The van der Waals surface area contributed by atoms with Crippen LogP contribution in [0.15, 0.2) is 36.7 Å². The topological polar surface area (TPSA) is 38.9 Å². The van der Waals surface area contributed by atoms with E-state index in [9.17, 15) is 4.39 Å². The van der Waals surface area contributed by atoms with Crippen LogP contribution in [-0.2, 0) is 6.42 Å². The van der Waals surface area contributed by atoms with Gasteiger partial charge in [0.05, 0.1) is 5.69 Å². The molecule has 4 heteroatoms. The molecule has 2 N–H and O–H groups in total. The molecule has 0 spiro atoms. The Morgan fingerprint density at radius 2 is 1.89 bits per heavy atom. The minimum absolute atomic E-state index is 0.173. The Bertz CT molecular complexity index is 529. The van der Waals surface area contributed by atoms with E-state index in [-0.39, 0.29) is 11.5 Å². The van der Waals surface area contributed by atoms with Crippen LogP contribution in [0.3, 0.4) is 0 Å². The van der Waals surface area contributed by atoms with Crippen LogP contribution in [-0.4, -0.2) is 11.4 Å². The number of rotatable bonds is 3. The van der Waals surface area contributed by atoms with Crippen LogP contribution >= 0.6 is 11.6 Å². The molecule has 0 fully saturated rings. The van der Waals surface area contributed by atoms with Crippen LogP contribution < -0.4 is 5.73 Å². The fourth-order valence-corrected chi connectivity index (χ4v) is 1.78. The Balaban J connectivity index is 0.000000861. The molecule has 1 aromatic heterocycles. The fourth-order valence-electron chi connectivity index (χ4n) is 1.78. The summed E-state index contributed by atoms with van der Waals surface area (Å²) in [5.41, 5.74) is 8.53. The average Bonchev–Trinajstić information content (AvgIpc) is 2.45. The number of pyridine rings is 1. The molecule has 0 saturated heterocycles. The Morgan fingerprint density at radius 1 is 1.16 bits per heavy atom. The third-order valence-electron chi connectivity index (χ3n) is 2.67. The SMILES string of the molecule is CCCc1cncc(-c2ccc(N)c(F)c2)c1.CCl. The van der Waals surface area contributed by atoms with Gasteiger partial charge >= 0.3 is 0 Å². The lowest BCUT2D eigenvalue weighted by Gasteiger charge is -2.05. The van der Waals surface area contributed by atoms with Crippen molar-refractivity contribution in [3.63, 3.8) is 0 Å². The Kier molecular flexibility index (Phi) is 6.30. The number of alkyl halides is 1. The van der Waals surface area contributed by atoms with Crippen molar-refractivity contribution in [2.24, 2.45) is 0 Å². The zero-order chi connectivity index (χ0) is 14.3. The van der Waals surface area contributed by atoms with Crippen LogP contribution in [0.2, 0.25) is 0 Å². The van der Waals surface area contributed by atoms with Crippen LogP contribution in [0, 0.1) is 5.82 Å². The number of hydrogen-bond acceptors (Lipinski definition) is 2. The summed E-state index contributed by atoms with van der Waals surface area (Å²) in [5.74, 6) is -0.386.